The van der Waals surface area contributed by atoms with Gasteiger partial charge in [-0.15, -0.1) is 0 Å². The fourth-order valence-electron chi connectivity index (χ4n) is 2.41. The average molecular weight is 234 g/mol. The van der Waals surface area contributed by atoms with Crippen molar-refractivity contribution >= 4 is 0 Å². The molecule has 0 heterocycles. The first-order valence-electron chi connectivity index (χ1n) is 6.73. The van der Waals surface area contributed by atoms with Crippen molar-refractivity contribution in [2.45, 2.75) is 57.7 Å². The molecule has 1 N–H and O–H groups in total. The first-order valence-corrected chi connectivity index (χ1v) is 6.73. The lowest BCUT2D eigenvalue weighted by Crippen LogP contribution is -2.30. The topological polar surface area (TPSA) is 29.5 Å². The fraction of sp³-hybridized carbons (Fsp3) is 0.600. The van der Waals surface area contributed by atoms with Crippen molar-refractivity contribution in [3.63, 3.8) is 0 Å². The van der Waals surface area contributed by atoms with E-state index in [1.807, 2.05) is 12.1 Å². The van der Waals surface area contributed by atoms with E-state index in [0.29, 0.717) is 0 Å². The molecular weight excluding hydrogens is 212 g/mol. The third-order valence-corrected chi connectivity index (χ3v) is 3.51. The Morgan fingerprint density at radius 2 is 2.06 bits per heavy atom. The molecule has 1 aromatic carbocycles. The first-order chi connectivity index (χ1) is 8.29. The highest BCUT2D eigenvalue weighted by Crippen LogP contribution is 2.24. The molecule has 2 rings (SSSR count). The number of rotatable bonds is 3. The van der Waals surface area contributed by atoms with Crippen molar-refractivity contribution in [3.05, 3.63) is 29.8 Å². The molecular formula is C15H22O2. The molecule has 0 aromatic heterocycles. The van der Waals surface area contributed by atoms with Gasteiger partial charge in [-0.3, -0.25) is 0 Å². The van der Waals surface area contributed by atoms with Gasteiger partial charge in [0, 0.05) is 0 Å². The third-order valence-electron chi connectivity index (χ3n) is 3.51. The van der Waals surface area contributed by atoms with E-state index in [1.165, 1.54) is 12.0 Å². The van der Waals surface area contributed by atoms with Gasteiger partial charge in [-0.1, -0.05) is 31.9 Å². The second-order valence-corrected chi connectivity index (χ2v) is 4.86. The number of aliphatic hydroxyl groups excluding tert-OH is 1. The van der Waals surface area contributed by atoms with Crippen molar-refractivity contribution in [3.8, 4) is 5.75 Å². The van der Waals surface area contributed by atoms with Crippen molar-refractivity contribution < 1.29 is 9.84 Å². The number of ether oxygens (including phenoxy) is 1. The highest BCUT2D eigenvalue weighted by molar-refractivity contribution is 5.28. The van der Waals surface area contributed by atoms with E-state index in [9.17, 15) is 5.11 Å². The molecule has 2 unspecified atom stereocenters. The Morgan fingerprint density at radius 1 is 1.24 bits per heavy atom. The molecule has 0 saturated heterocycles. The predicted molar refractivity (Wildman–Crippen MR) is 69.3 cm³/mol. The van der Waals surface area contributed by atoms with Crippen LogP contribution in [0, 0.1) is 0 Å². The Kier molecular flexibility index (Phi) is 4.43. The van der Waals surface area contributed by atoms with Gasteiger partial charge in [0.05, 0.1) is 6.10 Å². The molecule has 17 heavy (non-hydrogen) atoms. The minimum absolute atomic E-state index is 0.0235. The standard InChI is InChI=1S/C15H22O2/c1-2-12-7-6-8-13(11-12)17-15-10-5-3-4-9-14(15)16/h6-8,11,14-16H,2-5,9-10H2,1H3. The molecule has 1 aliphatic rings. The summed E-state index contributed by atoms with van der Waals surface area (Å²) in [7, 11) is 0. The van der Waals surface area contributed by atoms with E-state index >= 15 is 0 Å². The van der Waals surface area contributed by atoms with Crippen molar-refractivity contribution in [2.24, 2.45) is 0 Å². The lowest BCUT2D eigenvalue weighted by molar-refractivity contribution is 0.0319. The monoisotopic (exact) mass is 234 g/mol. The van der Waals surface area contributed by atoms with Crippen LogP contribution in [-0.4, -0.2) is 17.3 Å². The molecule has 1 fully saturated rings. The van der Waals surface area contributed by atoms with Gasteiger partial charge in [0.15, 0.2) is 0 Å². The largest absolute Gasteiger partial charge is 0.488 e. The van der Waals surface area contributed by atoms with Gasteiger partial charge in [-0.05, 0) is 43.4 Å². The summed E-state index contributed by atoms with van der Waals surface area (Å²) in [5, 5.41) is 10.0. The minimum atomic E-state index is -0.303. The van der Waals surface area contributed by atoms with Crippen LogP contribution in [0.3, 0.4) is 0 Å². The van der Waals surface area contributed by atoms with Gasteiger partial charge in [0.2, 0.25) is 0 Å². The summed E-state index contributed by atoms with van der Waals surface area (Å²) >= 11 is 0. The van der Waals surface area contributed by atoms with Crippen molar-refractivity contribution in [1.82, 2.24) is 0 Å². The number of aliphatic hydroxyl groups is 1. The van der Waals surface area contributed by atoms with Crippen LogP contribution in [0.1, 0.15) is 44.6 Å². The normalized spacial score (nSPS) is 25.3. The molecule has 0 radical (unpaired) electrons. The number of benzene rings is 1. The van der Waals surface area contributed by atoms with Crippen molar-refractivity contribution in [2.75, 3.05) is 0 Å². The highest BCUT2D eigenvalue weighted by Gasteiger charge is 2.23. The van der Waals surface area contributed by atoms with E-state index < -0.39 is 0 Å². The first kappa shape index (κ1) is 12.4. The molecule has 0 spiro atoms. The van der Waals surface area contributed by atoms with Crippen LogP contribution in [-0.2, 0) is 6.42 Å². The molecule has 0 aliphatic heterocycles. The summed E-state index contributed by atoms with van der Waals surface area (Å²) in [6.07, 6.45) is 6.03. The molecule has 0 amide bonds. The molecule has 2 heteroatoms. The van der Waals surface area contributed by atoms with Crippen LogP contribution in [0.25, 0.3) is 0 Å². The Hall–Kier alpha value is -1.02. The molecule has 94 valence electrons. The molecule has 0 bridgehead atoms. The maximum absolute atomic E-state index is 10.0. The maximum atomic E-state index is 10.0. The van der Waals surface area contributed by atoms with Crippen LogP contribution in [0.15, 0.2) is 24.3 Å². The smallest absolute Gasteiger partial charge is 0.124 e. The summed E-state index contributed by atoms with van der Waals surface area (Å²) < 4.78 is 5.94. The third kappa shape index (κ3) is 3.47. The molecule has 2 nitrogen and oxygen atoms in total. The predicted octanol–water partition coefficient (Wildman–Crippen LogP) is 3.32. The summed E-state index contributed by atoms with van der Waals surface area (Å²) in [5.41, 5.74) is 1.28. The van der Waals surface area contributed by atoms with Gasteiger partial charge < -0.3 is 9.84 Å². The lowest BCUT2D eigenvalue weighted by Gasteiger charge is -2.22. The summed E-state index contributed by atoms with van der Waals surface area (Å²) in [5.74, 6) is 0.898. The van der Waals surface area contributed by atoms with Gasteiger partial charge in [0.1, 0.15) is 11.9 Å². The van der Waals surface area contributed by atoms with E-state index in [1.54, 1.807) is 0 Å². The quantitative estimate of drug-likeness (QED) is 0.813. The number of hydrogen-bond acceptors (Lipinski definition) is 2. The summed E-state index contributed by atoms with van der Waals surface area (Å²) in [6.45, 7) is 2.14. The van der Waals surface area contributed by atoms with Crippen molar-refractivity contribution in [1.29, 1.82) is 0 Å². The Morgan fingerprint density at radius 3 is 2.88 bits per heavy atom. The molecule has 1 aliphatic carbocycles. The number of hydrogen-bond donors (Lipinski definition) is 1. The zero-order valence-corrected chi connectivity index (χ0v) is 10.6. The van der Waals surface area contributed by atoms with Crippen LogP contribution in [0.2, 0.25) is 0 Å². The SMILES string of the molecule is CCc1cccc(OC2CCCCCC2O)c1. The number of aryl methyl sites for hydroxylation is 1. The van der Waals surface area contributed by atoms with Crippen LogP contribution >= 0.6 is 0 Å². The average Bonchev–Trinajstić information content (AvgIpc) is 2.55. The minimum Gasteiger partial charge on any atom is -0.488 e. The van der Waals surface area contributed by atoms with Crippen LogP contribution in [0.4, 0.5) is 0 Å². The lowest BCUT2D eigenvalue weighted by atomic mass is 10.1. The summed E-state index contributed by atoms with van der Waals surface area (Å²) in [6, 6.07) is 8.20. The Bertz CT molecular complexity index is 349. The second kappa shape index (κ2) is 6.06. The van der Waals surface area contributed by atoms with E-state index in [2.05, 4.69) is 19.1 Å². The van der Waals surface area contributed by atoms with Gasteiger partial charge in [-0.2, -0.15) is 0 Å². The van der Waals surface area contributed by atoms with Gasteiger partial charge in [0.25, 0.3) is 0 Å². The highest BCUT2D eigenvalue weighted by atomic mass is 16.5. The Balaban J connectivity index is 2.02. The van der Waals surface area contributed by atoms with E-state index in [-0.39, 0.29) is 12.2 Å². The molecule has 2 atom stereocenters. The van der Waals surface area contributed by atoms with Gasteiger partial charge in [-0.25, -0.2) is 0 Å². The second-order valence-electron chi connectivity index (χ2n) is 4.86. The van der Waals surface area contributed by atoms with E-state index in [4.69, 9.17) is 4.74 Å². The van der Waals surface area contributed by atoms with Gasteiger partial charge >= 0.3 is 0 Å². The summed E-state index contributed by atoms with van der Waals surface area (Å²) in [4.78, 5) is 0. The van der Waals surface area contributed by atoms with Crippen LogP contribution < -0.4 is 4.74 Å². The Labute approximate surface area is 104 Å². The zero-order valence-electron chi connectivity index (χ0n) is 10.6. The molecule has 1 aromatic rings. The van der Waals surface area contributed by atoms with E-state index in [0.717, 1.165) is 37.9 Å². The fourth-order valence-corrected chi connectivity index (χ4v) is 2.41. The maximum Gasteiger partial charge on any atom is 0.124 e. The molecule has 1 saturated carbocycles. The zero-order chi connectivity index (χ0) is 12.1. The van der Waals surface area contributed by atoms with Crippen LogP contribution in [0.5, 0.6) is 5.75 Å².